The van der Waals surface area contributed by atoms with E-state index in [0.29, 0.717) is 36.9 Å². The smallest absolute Gasteiger partial charge is 0.243 e. The first-order valence-electron chi connectivity index (χ1n) is 18.2. The number of hydrogen-bond donors (Lipinski definition) is 10. The maximum absolute atomic E-state index is 14.0. The van der Waals surface area contributed by atoms with Crippen LogP contribution in [0.25, 0.3) is 0 Å². The summed E-state index contributed by atoms with van der Waals surface area (Å²) in [5.41, 5.74) is 18.1. The van der Waals surface area contributed by atoms with Crippen LogP contribution < -0.4 is 43.8 Å². The molecule has 298 valence electrons. The van der Waals surface area contributed by atoms with Crippen LogP contribution in [-0.2, 0) is 41.6 Å². The number of carbonyl (C=O) groups is 6. The number of aromatic hydroxyl groups is 2. The minimum absolute atomic E-state index is 0.00286. The van der Waals surface area contributed by atoms with Gasteiger partial charge in [-0.25, -0.2) is 0 Å². The standard InChI is InChI=1S/C38H58N8O8/c1-21(2)18-29(43-34(50)28(40)8-6-7-17-39)37(53)46-32(22(3)4)38(54)45-31(20-25-11-15-27(48)16-12-25)36(52)44-30(35(51)42-23(5)33(41)49)19-24-9-13-26(47)14-10-24/h9-16,21-23,28-32,47-48H,6-8,17-20,39-40H2,1-5H3,(H2,41,49)(H,42,51)(H,43,50)(H,44,52)(H,45,54)(H,46,53)/t23-,28-,29-,30-,31-,32-/m1/s1. The lowest BCUT2D eigenvalue weighted by Gasteiger charge is -2.29. The van der Waals surface area contributed by atoms with Gasteiger partial charge in [0.15, 0.2) is 0 Å². The molecule has 0 fully saturated rings. The number of phenols is 2. The minimum atomic E-state index is -1.29. The molecule has 2 aromatic carbocycles. The van der Waals surface area contributed by atoms with E-state index in [-0.39, 0.29) is 36.7 Å². The van der Waals surface area contributed by atoms with Crippen molar-refractivity contribution < 1.29 is 39.0 Å². The van der Waals surface area contributed by atoms with Crippen LogP contribution in [-0.4, -0.2) is 88.5 Å². The number of hydrogen-bond acceptors (Lipinski definition) is 10. The summed E-state index contributed by atoms with van der Waals surface area (Å²) < 4.78 is 0. The molecule has 0 aliphatic rings. The van der Waals surface area contributed by atoms with Crippen LogP contribution in [0.4, 0.5) is 0 Å². The van der Waals surface area contributed by atoms with Crippen molar-refractivity contribution in [2.75, 3.05) is 6.54 Å². The lowest BCUT2D eigenvalue weighted by molar-refractivity contribution is -0.135. The van der Waals surface area contributed by atoms with E-state index in [2.05, 4.69) is 26.6 Å². The quantitative estimate of drug-likeness (QED) is 0.0717. The highest BCUT2D eigenvalue weighted by Crippen LogP contribution is 2.15. The second kappa shape index (κ2) is 22.1. The predicted molar refractivity (Wildman–Crippen MR) is 203 cm³/mol. The molecule has 2 rings (SSSR count). The molecule has 54 heavy (non-hydrogen) atoms. The summed E-state index contributed by atoms with van der Waals surface area (Å²) in [5.74, 6) is -4.57. The molecule has 6 amide bonds. The van der Waals surface area contributed by atoms with Gasteiger partial charge in [-0.3, -0.25) is 28.8 Å². The Labute approximate surface area is 316 Å². The van der Waals surface area contributed by atoms with Crippen molar-refractivity contribution in [2.45, 2.75) is 109 Å². The highest BCUT2D eigenvalue weighted by molar-refractivity contribution is 5.96. The molecule has 0 aromatic heterocycles. The van der Waals surface area contributed by atoms with Crippen LogP contribution in [0.1, 0.15) is 71.4 Å². The predicted octanol–water partition coefficient (Wildman–Crippen LogP) is -0.0294. The van der Waals surface area contributed by atoms with Gasteiger partial charge in [0, 0.05) is 12.8 Å². The van der Waals surface area contributed by atoms with Crippen molar-refractivity contribution in [3.8, 4) is 11.5 Å². The first kappa shape index (κ1) is 44.9. The molecule has 0 spiro atoms. The topological polar surface area (TPSA) is 281 Å². The Balaban J connectivity index is 2.38. The van der Waals surface area contributed by atoms with E-state index in [1.54, 1.807) is 38.1 Å². The van der Waals surface area contributed by atoms with Crippen LogP contribution in [0.15, 0.2) is 48.5 Å². The molecule has 0 saturated carbocycles. The van der Waals surface area contributed by atoms with Gasteiger partial charge < -0.3 is 54.0 Å². The molecule has 0 aliphatic carbocycles. The number of benzene rings is 2. The first-order valence-corrected chi connectivity index (χ1v) is 18.2. The molecule has 0 aliphatic heterocycles. The number of phenolic OH excluding ortho intramolecular Hbond substituents is 2. The zero-order valence-electron chi connectivity index (χ0n) is 31.8. The fourth-order valence-corrected chi connectivity index (χ4v) is 5.48. The summed E-state index contributed by atoms with van der Waals surface area (Å²) in [6.45, 7) is 9.05. The first-order chi connectivity index (χ1) is 25.4. The SMILES string of the molecule is CC(C)C[C@@H](NC(=O)[C@H](N)CCCCN)C(=O)N[C@@H](C(=O)N[C@H](Cc1ccc(O)cc1)C(=O)N[C@H](Cc1ccc(O)cc1)C(=O)N[C@H](C)C(N)=O)C(C)C. The molecule has 13 N–H and O–H groups in total. The zero-order chi connectivity index (χ0) is 40.5. The number of rotatable bonds is 22. The Morgan fingerprint density at radius 1 is 0.611 bits per heavy atom. The van der Waals surface area contributed by atoms with Crippen molar-refractivity contribution in [3.05, 3.63) is 59.7 Å². The van der Waals surface area contributed by atoms with Gasteiger partial charge in [-0.05, 0) is 80.0 Å². The lowest BCUT2D eigenvalue weighted by atomic mass is 9.98. The summed E-state index contributed by atoms with van der Waals surface area (Å²) >= 11 is 0. The van der Waals surface area contributed by atoms with Crippen molar-refractivity contribution in [1.29, 1.82) is 0 Å². The summed E-state index contributed by atoms with van der Waals surface area (Å²) in [5, 5.41) is 32.9. The third-order valence-corrected chi connectivity index (χ3v) is 8.70. The van der Waals surface area contributed by atoms with Gasteiger partial charge >= 0.3 is 0 Å². The third-order valence-electron chi connectivity index (χ3n) is 8.70. The second-order valence-corrected chi connectivity index (χ2v) is 14.3. The molecule has 2 aromatic rings. The van der Waals surface area contributed by atoms with Gasteiger partial charge in [-0.2, -0.15) is 0 Å². The van der Waals surface area contributed by atoms with E-state index < -0.39 is 77.6 Å². The highest BCUT2D eigenvalue weighted by Gasteiger charge is 2.34. The fourth-order valence-electron chi connectivity index (χ4n) is 5.48. The average Bonchev–Trinajstić information content (AvgIpc) is 3.10. The summed E-state index contributed by atoms with van der Waals surface area (Å²) in [6, 6.07) is 5.36. The van der Waals surface area contributed by atoms with Gasteiger partial charge in [0.2, 0.25) is 35.4 Å². The largest absolute Gasteiger partial charge is 0.508 e. The zero-order valence-corrected chi connectivity index (χ0v) is 31.8. The van der Waals surface area contributed by atoms with E-state index in [1.165, 1.54) is 31.2 Å². The molecule has 0 saturated heterocycles. The minimum Gasteiger partial charge on any atom is -0.508 e. The van der Waals surface area contributed by atoms with E-state index in [0.717, 1.165) is 0 Å². The van der Waals surface area contributed by atoms with Crippen LogP contribution in [0.5, 0.6) is 11.5 Å². The number of nitrogens with two attached hydrogens (primary N) is 3. The average molecular weight is 755 g/mol. The maximum atomic E-state index is 14.0. The molecule has 0 radical (unpaired) electrons. The van der Waals surface area contributed by atoms with Crippen LogP contribution in [0.3, 0.4) is 0 Å². The summed E-state index contributed by atoms with van der Waals surface area (Å²) in [6.07, 6.45) is 1.89. The Hall–Kier alpha value is -5.22. The van der Waals surface area contributed by atoms with Gasteiger partial charge in [0.05, 0.1) is 6.04 Å². The van der Waals surface area contributed by atoms with E-state index in [4.69, 9.17) is 17.2 Å². The van der Waals surface area contributed by atoms with Gasteiger partial charge in [-0.1, -0.05) is 58.4 Å². The van der Waals surface area contributed by atoms with Crippen LogP contribution in [0, 0.1) is 11.8 Å². The summed E-state index contributed by atoms with van der Waals surface area (Å²) in [7, 11) is 0. The van der Waals surface area contributed by atoms with Crippen molar-refractivity contribution in [3.63, 3.8) is 0 Å². The lowest BCUT2D eigenvalue weighted by Crippen LogP contribution is -2.61. The molecular weight excluding hydrogens is 696 g/mol. The Morgan fingerprint density at radius 3 is 1.50 bits per heavy atom. The Kier molecular flexibility index (Phi) is 18.4. The number of nitrogens with one attached hydrogen (secondary N) is 5. The molecular formula is C38H58N8O8. The summed E-state index contributed by atoms with van der Waals surface area (Å²) in [4.78, 5) is 79.6. The van der Waals surface area contributed by atoms with E-state index >= 15 is 0 Å². The van der Waals surface area contributed by atoms with E-state index in [9.17, 15) is 39.0 Å². The monoisotopic (exact) mass is 754 g/mol. The Morgan fingerprint density at radius 2 is 1.06 bits per heavy atom. The molecule has 0 unspecified atom stereocenters. The number of amides is 6. The van der Waals surface area contributed by atoms with E-state index in [1.807, 2.05) is 13.8 Å². The van der Waals surface area contributed by atoms with Crippen molar-refractivity contribution in [1.82, 2.24) is 26.6 Å². The van der Waals surface area contributed by atoms with Crippen molar-refractivity contribution in [2.24, 2.45) is 29.0 Å². The molecule has 16 heteroatoms. The van der Waals surface area contributed by atoms with Crippen LogP contribution in [0.2, 0.25) is 0 Å². The van der Waals surface area contributed by atoms with Crippen molar-refractivity contribution >= 4 is 35.4 Å². The molecule has 16 nitrogen and oxygen atoms in total. The third kappa shape index (κ3) is 15.4. The molecule has 0 bridgehead atoms. The second-order valence-electron chi connectivity index (χ2n) is 14.3. The van der Waals surface area contributed by atoms with Gasteiger partial charge in [-0.15, -0.1) is 0 Å². The van der Waals surface area contributed by atoms with Gasteiger partial charge in [0.1, 0.15) is 41.7 Å². The molecule has 0 heterocycles. The van der Waals surface area contributed by atoms with Gasteiger partial charge in [0.25, 0.3) is 0 Å². The normalized spacial score (nSPS) is 14.5. The number of unbranched alkanes of at least 4 members (excludes halogenated alkanes) is 1. The highest BCUT2D eigenvalue weighted by atomic mass is 16.3. The number of carbonyl (C=O) groups excluding carboxylic acids is 6. The number of primary amides is 1. The van der Waals surface area contributed by atoms with Crippen LogP contribution >= 0.6 is 0 Å². The molecule has 6 atom stereocenters. The Bertz CT molecular complexity index is 1550. The maximum Gasteiger partial charge on any atom is 0.243 e. The fraction of sp³-hybridized carbons (Fsp3) is 0.526.